The largest absolute Gasteiger partial charge is 0.494 e. The summed E-state index contributed by atoms with van der Waals surface area (Å²) >= 11 is 0. The van der Waals surface area contributed by atoms with Gasteiger partial charge in [-0.25, -0.2) is 24.0 Å². The third-order valence-corrected chi connectivity index (χ3v) is 8.60. The van der Waals surface area contributed by atoms with Crippen LogP contribution < -0.4 is 14.2 Å². The predicted molar refractivity (Wildman–Crippen MR) is 222 cm³/mol. The predicted octanol–water partition coefficient (Wildman–Crippen LogP) is 8.16. The van der Waals surface area contributed by atoms with Crippen LogP contribution in [-0.2, 0) is 33.3 Å². The van der Waals surface area contributed by atoms with Crippen molar-refractivity contribution in [2.75, 3.05) is 52.9 Å². The topological polar surface area (TPSA) is 159 Å². The summed E-state index contributed by atoms with van der Waals surface area (Å²) in [6.45, 7) is 8.92. The van der Waals surface area contributed by atoms with Crippen LogP contribution in [0.15, 0.2) is 122 Å². The second-order valence-electron chi connectivity index (χ2n) is 13.0. The van der Waals surface area contributed by atoms with Gasteiger partial charge in [0.15, 0.2) is 0 Å². The van der Waals surface area contributed by atoms with E-state index in [2.05, 4.69) is 13.2 Å². The van der Waals surface area contributed by atoms with Crippen molar-refractivity contribution in [2.24, 2.45) is 0 Å². The van der Waals surface area contributed by atoms with Crippen molar-refractivity contribution < 1.29 is 61.9 Å². The van der Waals surface area contributed by atoms with Crippen molar-refractivity contribution in [3.05, 3.63) is 139 Å². The van der Waals surface area contributed by atoms with Gasteiger partial charge in [-0.05, 0) is 96.8 Å². The first kappa shape index (κ1) is 46.1. The van der Waals surface area contributed by atoms with Gasteiger partial charge in [0, 0.05) is 12.2 Å². The molecule has 0 spiro atoms. The van der Waals surface area contributed by atoms with Crippen LogP contribution in [0.4, 0.5) is 0 Å². The fourth-order valence-corrected chi connectivity index (χ4v) is 5.38. The average molecular weight is 823 g/mol. The first-order valence-electron chi connectivity index (χ1n) is 19.6. The highest BCUT2D eigenvalue weighted by Gasteiger charge is 2.13. The van der Waals surface area contributed by atoms with Gasteiger partial charge in [0.1, 0.15) is 30.5 Å². The van der Waals surface area contributed by atoms with Gasteiger partial charge in [0.25, 0.3) is 0 Å². The van der Waals surface area contributed by atoms with Crippen molar-refractivity contribution in [2.45, 2.75) is 38.5 Å². The SMILES string of the molecule is C=CC(=O)OCCCCCCCCOc1ccc(C(=O)Oc2ccc(C(=O)Oc3ccc(-c4ccc(C(=O)OCCOCCOCCOC(=O)C=C)cc4)cc3)cc2)cc1. The second-order valence-corrected chi connectivity index (χ2v) is 13.0. The zero-order chi connectivity index (χ0) is 42.8. The number of unbranched alkanes of at least 4 members (excludes halogenated alkanes) is 5. The summed E-state index contributed by atoms with van der Waals surface area (Å²) < 4.78 is 42.5. The quantitative estimate of drug-likeness (QED) is 0.0187. The first-order chi connectivity index (χ1) is 29.2. The lowest BCUT2D eigenvalue weighted by molar-refractivity contribution is -0.139. The monoisotopic (exact) mass is 822 g/mol. The number of hydrogen-bond donors (Lipinski definition) is 0. The molecule has 316 valence electrons. The molecule has 0 fully saturated rings. The third kappa shape index (κ3) is 17.1. The van der Waals surface area contributed by atoms with Gasteiger partial charge in [0.05, 0.1) is 56.3 Å². The Labute approximate surface area is 349 Å². The Morgan fingerprint density at radius 2 is 0.750 bits per heavy atom. The zero-order valence-electron chi connectivity index (χ0n) is 33.5. The summed E-state index contributed by atoms with van der Waals surface area (Å²) in [5.41, 5.74) is 2.71. The molecule has 0 bridgehead atoms. The summed E-state index contributed by atoms with van der Waals surface area (Å²) in [6.07, 6.45) is 8.16. The molecule has 4 aromatic carbocycles. The Kier molecular flexibility index (Phi) is 20.3. The lowest BCUT2D eigenvalue weighted by Gasteiger charge is -2.09. The van der Waals surface area contributed by atoms with Crippen LogP contribution in [0.1, 0.15) is 69.6 Å². The van der Waals surface area contributed by atoms with Crippen LogP contribution >= 0.6 is 0 Å². The molecule has 4 rings (SSSR count). The molecule has 0 unspecified atom stereocenters. The molecule has 0 N–H and O–H groups in total. The van der Waals surface area contributed by atoms with E-state index < -0.39 is 23.9 Å². The van der Waals surface area contributed by atoms with E-state index in [4.69, 9.17) is 37.9 Å². The molecule has 0 aliphatic rings. The van der Waals surface area contributed by atoms with Gasteiger partial charge in [0.2, 0.25) is 0 Å². The van der Waals surface area contributed by atoms with E-state index in [0.717, 1.165) is 55.7 Å². The van der Waals surface area contributed by atoms with Crippen molar-refractivity contribution in [1.82, 2.24) is 0 Å². The number of carbonyl (C=O) groups excluding carboxylic acids is 5. The average Bonchev–Trinajstić information content (AvgIpc) is 3.28. The molecule has 0 amide bonds. The molecule has 0 saturated heterocycles. The minimum Gasteiger partial charge on any atom is -0.494 e. The molecule has 0 heterocycles. The number of ether oxygens (including phenoxy) is 8. The van der Waals surface area contributed by atoms with E-state index in [1.54, 1.807) is 72.8 Å². The molecule has 4 aromatic rings. The molecule has 0 aliphatic carbocycles. The number of rotatable bonds is 27. The Balaban J connectivity index is 1.10. The van der Waals surface area contributed by atoms with E-state index in [0.29, 0.717) is 49.1 Å². The summed E-state index contributed by atoms with van der Waals surface area (Å²) in [5, 5.41) is 0. The molecule has 0 aliphatic heterocycles. The number of hydrogen-bond acceptors (Lipinski definition) is 13. The van der Waals surface area contributed by atoms with E-state index >= 15 is 0 Å². The highest BCUT2D eigenvalue weighted by Crippen LogP contribution is 2.24. The number of benzene rings is 4. The Morgan fingerprint density at radius 1 is 0.383 bits per heavy atom. The third-order valence-electron chi connectivity index (χ3n) is 8.60. The van der Waals surface area contributed by atoms with Gasteiger partial charge in [-0.1, -0.05) is 63.1 Å². The minimum absolute atomic E-state index is 0.0760. The zero-order valence-corrected chi connectivity index (χ0v) is 33.5. The van der Waals surface area contributed by atoms with Gasteiger partial charge in [-0.2, -0.15) is 0 Å². The second kappa shape index (κ2) is 26.4. The van der Waals surface area contributed by atoms with Crippen molar-refractivity contribution >= 4 is 29.8 Å². The fourth-order valence-electron chi connectivity index (χ4n) is 5.38. The van der Waals surface area contributed by atoms with E-state index in [1.165, 1.54) is 30.3 Å². The highest BCUT2D eigenvalue weighted by molar-refractivity contribution is 5.93. The van der Waals surface area contributed by atoms with Gasteiger partial charge in [-0.3, -0.25) is 0 Å². The first-order valence-corrected chi connectivity index (χ1v) is 19.6. The maximum absolute atomic E-state index is 12.8. The van der Waals surface area contributed by atoms with E-state index in [1.807, 2.05) is 0 Å². The summed E-state index contributed by atoms with van der Waals surface area (Å²) in [4.78, 5) is 60.0. The fraction of sp³-hybridized carbons (Fsp3) is 0.298. The Hall–Kier alpha value is -6.57. The van der Waals surface area contributed by atoms with Crippen molar-refractivity contribution in [3.8, 4) is 28.4 Å². The smallest absolute Gasteiger partial charge is 0.343 e. The minimum atomic E-state index is -0.578. The molecule has 60 heavy (non-hydrogen) atoms. The lowest BCUT2D eigenvalue weighted by atomic mass is 10.0. The van der Waals surface area contributed by atoms with Crippen LogP contribution in [0.3, 0.4) is 0 Å². The van der Waals surface area contributed by atoms with Crippen LogP contribution in [-0.4, -0.2) is 82.7 Å². The van der Waals surface area contributed by atoms with Gasteiger partial charge >= 0.3 is 29.8 Å². The maximum atomic E-state index is 12.8. The summed E-state index contributed by atoms with van der Waals surface area (Å²) in [7, 11) is 0. The van der Waals surface area contributed by atoms with Crippen LogP contribution in [0.25, 0.3) is 11.1 Å². The van der Waals surface area contributed by atoms with Gasteiger partial charge in [-0.15, -0.1) is 0 Å². The molecule has 13 heteroatoms. The molecule has 0 atom stereocenters. The normalized spacial score (nSPS) is 10.5. The van der Waals surface area contributed by atoms with E-state index in [-0.39, 0.29) is 43.7 Å². The Morgan fingerprint density at radius 3 is 1.27 bits per heavy atom. The maximum Gasteiger partial charge on any atom is 0.343 e. The standard InChI is InChI=1S/C47H50O13/c1-3-43(48)56-28-10-8-6-5-7-9-27-55-40-21-17-38(18-22-40)46(51)60-42-25-19-39(20-26-42)47(52)59-41-23-15-36(16-24-41)35-11-13-37(14-12-35)45(50)58-34-32-54-30-29-53-31-33-57-44(49)4-2/h3-4,11-26H,1-2,5-10,27-34H2. The summed E-state index contributed by atoms with van der Waals surface area (Å²) in [6, 6.07) is 26.6. The lowest BCUT2D eigenvalue weighted by Crippen LogP contribution is -2.14. The molecule has 0 radical (unpaired) electrons. The summed E-state index contributed by atoms with van der Waals surface area (Å²) in [5.74, 6) is -1.23. The number of esters is 5. The molecular weight excluding hydrogens is 773 g/mol. The molecule has 0 saturated carbocycles. The van der Waals surface area contributed by atoms with Crippen molar-refractivity contribution in [1.29, 1.82) is 0 Å². The van der Waals surface area contributed by atoms with Crippen LogP contribution in [0.2, 0.25) is 0 Å². The number of carbonyl (C=O) groups is 5. The Bertz CT molecular complexity index is 1970. The van der Waals surface area contributed by atoms with Gasteiger partial charge < -0.3 is 37.9 Å². The van der Waals surface area contributed by atoms with E-state index in [9.17, 15) is 24.0 Å². The highest BCUT2D eigenvalue weighted by atomic mass is 16.6. The van der Waals surface area contributed by atoms with Crippen LogP contribution in [0.5, 0.6) is 17.2 Å². The van der Waals surface area contributed by atoms with Crippen molar-refractivity contribution in [3.63, 3.8) is 0 Å². The molecular formula is C47H50O13. The van der Waals surface area contributed by atoms with Crippen LogP contribution in [0, 0.1) is 0 Å². The molecule has 0 aromatic heterocycles. The molecule has 13 nitrogen and oxygen atoms in total.